The summed E-state index contributed by atoms with van der Waals surface area (Å²) in [6.45, 7) is 2.69. The molecule has 1 heteroatoms. The zero-order valence-electron chi connectivity index (χ0n) is 8.99. The van der Waals surface area contributed by atoms with Gasteiger partial charge in [0.2, 0.25) is 0 Å². The summed E-state index contributed by atoms with van der Waals surface area (Å²) in [4.78, 5) is 0. The van der Waals surface area contributed by atoms with Crippen molar-refractivity contribution in [3.8, 4) is 11.1 Å². The van der Waals surface area contributed by atoms with Gasteiger partial charge in [0.15, 0.2) is 0 Å². The summed E-state index contributed by atoms with van der Waals surface area (Å²) >= 11 is 0. The molecule has 0 radical (unpaired) electrons. The molecule has 0 spiro atoms. The van der Waals surface area contributed by atoms with E-state index in [0.29, 0.717) is 0 Å². The maximum absolute atomic E-state index is 10.1. The molecule has 2 aromatic carbocycles. The third kappa shape index (κ3) is 1.89. The number of rotatable bonds is 0. The Balaban J connectivity index is 0.000000292. The molecule has 0 aliphatic heterocycles. The largest absolute Gasteiger partial charge is 0.216 e. The van der Waals surface area contributed by atoms with Crippen LogP contribution in [-0.4, -0.2) is 0 Å². The molecule has 3 rings (SSSR count). The second-order valence-electron chi connectivity index (χ2n) is 3.65. The van der Waals surface area contributed by atoms with Gasteiger partial charge in [-0.25, -0.2) is 4.39 Å². The normalized spacial score (nSPS) is 10.8. The van der Waals surface area contributed by atoms with Crippen molar-refractivity contribution < 1.29 is 4.39 Å². The lowest BCUT2D eigenvalue weighted by Crippen LogP contribution is -1.77. The van der Waals surface area contributed by atoms with Gasteiger partial charge < -0.3 is 0 Å². The second-order valence-corrected chi connectivity index (χ2v) is 3.65. The van der Waals surface area contributed by atoms with E-state index >= 15 is 0 Å². The van der Waals surface area contributed by atoms with Gasteiger partial charge >= 0.3 is 0 Å². The molecular weight excluding hydrogens is 199 g/mol. The second kappa shape index (κ2) is 4.75. The predicted octanol–water partition coefficient (Wildman–Crippen LogP) is 4.36. The summed E-state index contributed by atoms with van der Waals surface area (Å²) in [6, 6.07) is 17.3. The van der Waals surface area contributed by atoms with E-state index in [4.69, 9.17) is 0 Å². The summed E-state index contributed by atoms with van der Waals surface area (Å²) in [5.41, 5.74) is 5.75. The Morgan fingerprint density at radius 1 is 0.875 bits per heavy atom. The lowest BCUT2D eigenvalue weighted by Gasteiger charge is -1.98. The van der Waals surface area contributed by atoms with Crippen LogP contribution >= 0.6 is 0 Å². The molecular formula is C15H13F. The van der Waals surface area contributed by atoms with E-state index in [0.717, 1.165) is 6.42 Å². The fourth-order valence-corrected chi connectivity index (χ4v) is 2.08. The van der Waals surface area contributed by atoms with E-state index < -0.39 is 0 Å². The van der Waals surface area contributed by atoms with Gasteiger partial charge in [-0.1, -0.05) is 55.1 Å². The third-order valence-electron chi connectivity index (χ3n) is 2.71. The zero-order chi connectivity index (χ0) is 11.4. The van der Waals surface area contributed by atoms with E-state index in [1.54, 1.807) is 0 Å². The van der Waals surface area contributed by atoms with E-state index in [2.05, 4.69) is 55.1 Å². The van der Waals surface area contributed by atoms with Gasteiger partial charge in [0, 0.05) is 0 Å². The highest BCUT2D eigenvalue weighted by Crippen LogP contribution is 2.35. The zero-order valence-corrected chi connectivity index (χ0v) is 8.99. The van der Waals surface area contributed by atoms with Crippen LogP contribution in [0.1, 0.15) is 11.1 Å². The molecule has 0 unspecified atom stereocenters. The van der Waals surface area contributed by atoms with Crippen LogP contribution in [0, 0.1) is 0 Å². The molecule has 0 atom stereocenters. The molecule has 0 N–H and O–H groups in total. The highest BCUT2D eigenvalue weighted by Gasteiger charge is 2.15. The van der Waals surface area contributed by atoms with Crippen molar-refractivity contribution in [2.45, 2.75) is 6.42 Å². The smallest absolute Gasteiger partial charge is 0.0795 e. The molecule has 0 bridgehead atoms. The van der Waals surface area contributed by atoms with Gasteiger partial charge in [-0.05, 0) is 28.7 Å². The minimum Gasteiger partial charge on any atom is -0.216 e. The Morgan fingerprint density at radius 2 is 1.25 bits per heavy atom. The van der Waals surface area contributed by atoms with Crippen LogP contribution < -0.4 is 0 Å². The van der Waals surface area contributed by atoms with Crippen molar-refractivity contribution >= 4 is 0 Å². The lowest BCUT2D eigenvalue weighted by atomic mass is 10.1. The molecule has 80 valence electrons. The Bertz CT molecular complexity index is 457. The molecule has 16 heavy (non-hydrogen) atoms. The average molecular weight is 212 g/mol. The summed E-state index contributed by atoms with van der Waals surface area (Å²) in [5.74, 6) is 0. The Hall–Kier alpha value is -1.89. The minimum atomic E-state index is 0.250. The quantitative estimate of drug-likeness (QED) is 0.519. The molecule has 0 fully saturated rings. The maximum Gasteiger partial charge on any atom is 0.0795 e. The summed E-state index contributed by atoms with van der Waals surface area (Å²) in [6.07, 6.45) is 1.35. The van der Waals surface area contributed by atoms with Gasteiger partial charge in [-0.2, -0.15) is 0 Å². The topological polar surface area (TPSA) is 0 Å². The first kappa shape index (κ1) is 10.6. The molecule has 0 aromatic heterocycles. The van der Waals surface area contributed by atoms with Gasteiger partial charge in [0.1, 0.15) is 0 Å². The lowest BCUT2D eigenvalue weighted by molar-refractivity contribution is 0.725. The third-order valence-corrected chi connectivity index (χ3v) is 2.71. The number of hydrogen-bond acceptors (Lipinski definition) is 0. The van der Waals surface area contributed by atoms with Crippen molar-refractivity contribution in [1.29, 1.82) is 0 Å². The monoisotopic (exact) mass is 212 g/mol. The molecule has 0 saturated carbocycles. The first-order valence-corrected chi connectivity index (χ1v) is 5.24. The number of halogens is 1. The number of hydrogen-bond donors (Lipinski definition) is 0. The molecule has 0 nitrogen and oxygen atoms in total. The van der Waals surface area contributed by atoms with Gasteiger partial charge in [0.05, 0.1) is 6.33 Å². The van der Waals surface area contributed by atoms with E-state index in [-0.39, 0.29) is 6.33 Å². The first-order chi connectivity index (χ1) is 7.86. The van der Waals surface area contributed by atoms with Crippen molar-refractivity contribution in [2.75, 3.05) is 0 Å². The van der Waals surface area contributed by atoms with Crippen LogP contribution in [0.5, 0.6) is 0 Å². The molecule has 0 amide bonds. The number of benzene rings is 2. The standard InChI is InChI=1S/C13H10.C2H3F/c1-3-7-12-10(5-1)9-11-6-2-4-8-13(11)12;1-2-3/h1-8H,9H2;2H,1H2. The summed E-state index contributed by atoms with van der Waals surface area (Å²) < 4.78 is 10.1. The minimum absolute atomic E-state index is 0.250. The van der Waals surface area contributed by atoms with Crippen molar-refractivity contribution in [3.05, 3.63) is 72.6 Å². The maximum atomic E-state index is 10.1. The summed E-state index contributed by atoms with van der Waals surface area (Å²) in [7, 11) is 0. The highest BCUT2D eigenvalue weighted by atomic mass is 19.1. The number of fused-ring (bicyclic) bond motifs is 3. The van der Waals surface area contributed by atoms with E-state index in [1.165, 1.54) is 22.3 Å². The molecule has 0 saturated heterocycles. The van der Waals surface area contributed by atoms with Crippen LogP contribution in [-0.2, 0) is 6.42 Å². The molecule has 2 aromatic rings. The van der Waals surface area contributed by atoms with Crippen LogP contribution in [0.2, 0.25) is 0 Å². The van der Waals surface area contributed by atoms with Crippen molar-refractivity contribution in [3.63, 3.8) is 0 Å². The summed E-state index contributed by atoms with van der Waals surface area (Å²) in [5, 5.41) is 0. The van der Waals surface area contributed by atoms with Gasteiger partial charge in [-0.3, -0.25) is 0 Å². The van der Waals surface area contributed by atoms with Crippen LogP contribution in [0.4, 0.5) is 4.39 Å². The first-order valence-electron chi connectivity index (χ1n) is 5.24. The van der Waals surface area contributed by atoms with E-state index in [1.807, 2.05) is 0 Å². The Kier molecular flexibility index (Phi) is 3.16. The van der Waals surface area contributed by atoms with Crippen molar-refractivity contribution in [2.24, 2.45) is 0 Å². The van der Waals surface area contributed by atoms with E-state index in [9.17, 15) is 4.39 Å². The fraction of sp³-hybridized carbons (Fsp3) is 0.0667. The van der Waals surface area contributed by atoms with Gasteiger partial charge in [-0.15, -0.1) is 0 Å². The van der Waals surface area contributed by atoms with Crippen LogP contribution in [0.3, 0.4) is 0 Å². The fourth-order valence-electron chi connectivity index (χ4n) is 2.08. The van der Waals surface area contributed by atoms with Crippen LogP contribution in [0.25, 0.3) is 11.1 Å². The van der Waals surface area contributed by atoms with Crippen molar-refractivity contribution in [1.82, 2.24) is 0 Å². The average Bonchev–Trinajstić information content (AvgIpc) is 2.68. The van der Waals surface area contributed by atoms with Crippen LogP contribution in [0.15, 0.2) is 61.4 Å². The Morgan fingerprint density at radius 3 is 1.69 bits per heavy atom. The molecule has 0 heterocycles. The highest BCUT2D eigenvalue weighted by molar-refractivity contribution is 5.76. The predicted molar refractivity (Wildman–Crippen MR) is 66.0 cm³/mol. The molecule has 1 aliphatic rings. The SMILES string of the molecule is C=CF.c1ccc2c(c1)Cc1ccccc1-2. The molecule has 1 aliphatic carbocycles. The Labute approximate surface area is 95.1 Å². The van der Waals surface area contributed by atoms with Gasteiger partial charge in [0.25, 0.3) is 0 Å².